The zero-order valence-corrected chi connectivity index (χ0v) is 47.3. The standard InChI is InChI=1S/C59H85N13O10/c1-3-4-5-6-7-8-10-38-12-19-42(20-13-38)69-29-31-70(32-30-69)43-21-17-40(18-22-43)52(76)65-46-11-9-28-63-55(79)49-33-41(64-59(61)62)35-71(49)57(81)48(26-27-60)67-53(77)47(25-16-39-14-23-44(74)24-15-39)66-56(80)50-34-45(75)36-72(50)58(82)51(37(2)73)68-54(46)78/h12-15,17-24,37,41,45-51,73-75H,3-11,16,25-36,60H2,1-2H3,(H,63,79)(H,65,76)(H,66,80)(H,67,77)(H,68,78)(H4,61,62,64)/t37-,41+,45-,46+,47+,48+,49+,50+,51+/m1/s1. The largest absolute Gasteiger partial charge is 0.508 e. The number of piperazine rings is 1. The number of carbonyl (C=O) groups excluding carboxylic acids is 7. The maximum Gasteiger partial charge on any atom is 0.251 e. The summed E-state index contributed by atoms with van der Waals surface area (Å²) in [5, 5.41) is 45.6. The number of guanidine groups is 1. The number of aliphatic hydroxyl groups is 2. The third kappa shape index (κ3) is 17.0. The Bertz CT molecular complexity index is 2660. The van der Waals surface area contributed by atoms with Gasteiger partial charge >= 0.3 is 0 Å². The maximum absolute atomic E-state index is 14.5. The van der Waals surface area contributed by atoms with E-state index in [1.807, 2.05) is 12.1 Å². The van der Waals surface area contributed by atoms with E-state index in [0.717, 1.165) is 43.2 Å². The van der Waals surface area contributed by atoms with E-state index < -0.39 is 95.9 Å². The molecule has 4 saturated heterocycles. The van der Waals surface area contributed by atoms with Crippen molar-refractivity contribution >= 4 is 58.7 Å². The molecule has 0 unspecified atom stereocenters. The zero-order valence-electron chi connectivity index (χ0n) is 47.3. The topological polar surface area (TPSA) is 344 Å². The fourth-order valence-electron chi connectivity index (χ4n) is 11.3. The number of aromatic hydroxyl groups is 1. The monoisotopic (exact) mass is 1140 g/mol. The molecule has 82 heavy (non-hydrogen) atoms. The first-order chi connectivity index (χ1) is 39.4. The minimum atomic E-state index is -1.67. The summed E-state index contributed by atoms with van der Waals surface area (Å²) in [6, 6.07) is 13.3. The molecule has 3 aromatic rings. The highest BCUT2D eigenvalue weighted by molar-refractivity contribution is 6.00. The van der Waals surface area contributed by atoms with Crippen LogP contribution < -0.4 is 53.6 Å². The molecule has 4 heterocycles. The van der Waals surface area contributed by atoms with Gasteiger partial charge in [0, 0.05) is 75.6 Å². The molecular weight excluding hydrogens is 1050 g/mol. The van der Waals surface area contributed by atoms with Crippen LogP contribution in [0.1, 0.15) is 112 Å². The molecule has 23 nitrogen and oxygen atoms in total. The first-order valence-electron chi connectivity index (χ1n) is 29.1. The van der Waals surface area contributed by atoms with Gasteiger partial charge in [0.05, 0.1) is 18.2 Å². The number of carbonyl (C=O) groups is 7. The number of phenolic OH excluding ortho intramolecular Hbond substituents is 1. The number of nitrogens with zero attached hydrogens (tertiary/aromatic N) is 5. The molecule has 0 radical (unpaired) electrons. The second-order valence-corrected chi connectivity index (χ2v) is 22.1. The fraction of sp³-hybridized carbons (Fsp3) is 0.559. The smallest absolute Gasteiger partial charge is 0.251 e. The highest BCUT2D eigenvalue weighted by Gasteiger charge is 2.45. The van der Waals surface area contributed by atoms with Crippen LogP contribution in [0.2, 0.25) is 0 Å². The van der Waals surface area contributed by atoms with E-state index in [4.69, 9.17) is 17.2 Å². The van der Waals surface area contributed by atoms with Crippen molar-refractivity contribution in [1.29, 1.82) is 0 Å². The number of rotatable bonds is 18. The molecule has 0 aliphatic carbocycles. The van der Waals surface area contributed by atoms with E-state index in [9.17, 15) is 48.9 Å². The van der Waals surface area contributed by atoms with Gasteiger partial charge in [-0.1, -0.05) is 63.3 Å². The van der Waals surface area contributed by atoms with Crippen molar-refractivity contribution in [2.75, 3.05) is 62.2 Å². The number of aryl methyl sites for hydroxylation is 2. The molecule has 0 spiro atoms. The lowest BCUT2D eigenvalue weighted by Crippen LogP contribution is -2.61. The highest BCUT2D eigenvalue weighted by atomic mass is 16.3. The summed E-state index contributed by atoms with van der Waals surface area (Å²) in [7, 11) is 0. The van der Waals surface area contributed by atoms with Crippen LogP contribution in [-0.2, 0) is 41.6 Å². The van der Waals surface area contributed by atoms with Crippen LogP contribution in [0.25, 0.3) is 0 Å². The maximum atomic E-state index is 14.5. The number of nitrogens with one attached hydrogen (secondary N) is 5. The number of aliphatic imine (C=N–C) groups is 1. The summed E-state index contributed by atoms with van der Waals surface area (Å²) < 4.78 is 0. The van der Waals surface area contributed by atoms with Crippen LogP contribution >= 0.6 is 0 Å². The zero-order chi connectivity index (χ0) is 58.9. The van der Waals surface area contributed by atoms with Crippen molar-refractivity contribution in [1.82, 2.24) is 36.4 Å². The Morgan fingerprint density at radius 2 is 1.28 bits per heavy atom. The molecular formula is C59H85N13O10. The SMILES string of the molecule is CCCCCCCCc1ccc(N2CCN(c3ccc(C(=O)N[C@H]4CCCNC(=O)[C@@H]5C[C@H](N=C(N)N)CN5C(=O)[C@H](CCN)NC(=O)[C@H](CCc5ccc(O)cc5)NC(=O)[C@@H]5C[C@@H](O)CN5C(=O)[C@H]([C@@H](C)O)NC4=O)cc3)CC2)cc1. The third-order valence-electron chi connectivity index (χ3n) is 16.0. The molecule has 23 heteroatoms. The van der Waals surface area contributed by atoms with Gasteiger partial charge in [0.25, 0.3) is 5.91 Å². The number of hydrogen-bond acceptors (Lipinski definition) is 14. The molecule has 9 atom stereocenters. The van der Waals surface area contributed by atoms with E-state index in [2.05, 4.69) is 72.6 Å². The summed E-state index contributed by atoms with van der Waals surface area (Å²) in [4.78, 5) is 112. The molecule has 4 aliphatic heterocycles. The van der Waals surface area contributed by atoms with Crippen molar-refractivity contribution < 1.29 is 48.9 Å². The average Bonchev–Trinajstić information content (AvgIpc) is 4.10. The predicted octanol–water partition coefficient (Wildman–Crippen LogP) is 0.652. The van der Waals surface area contributed by atoms with Crippen molar-refractivity contribution in [2.24, 2.45) is 22.2 Å². The Hall–Kier alpha value is -7.50. The Labute approximate surface area is 480 Å². The number of amides is 7. The van der Waals surface area contributed by atoms with Crippen LogP contribution in [-0.4, -0.2) is 179 Å². The van der Waals surface area contributed by atoms with E-state index in [1.54, 1.807) is 24.3 Å². The van der Waals surface area contributed by atoms with E-state index in [-0.39, 0.29) is 88.4 Å². The second kappa shape index (κ2) is 30.0. The average molecular weight is 1140 g/mol. The van der Waals surface area contributed by atoms with Crippen LogP contribution in [0.4, 0.5) is 11.4 Å². The van der Waals surface area contributed by atoms with Gasteiger partial charge in [0.2, 0.25) is 35.4 Å². The third-order valence-corrected chi connectivity index (χ3v) is 16.0. The first-order valence-corrected chi connectivity index (χ1v) is 29.1. The van der Waals surface area contributed by atoms with E-state index >= 15 is 0 Å². The summed E-state index contributed by atoms with van der Waals surface area (Å²) in [6.07, 6.45) is 5.84. The van der Waals surface area contributed by atoms with Crippen LogP contribution in [0, 0.1) is 0 Å². The number of aliphatic hydroxyl groups excluding tert-OH is 2. The number of phenols is 1. The van der Waals surface area contributed by atoms with Crippen molar-refractivity contribution in [3.63, 3.8) is 0 Å². The Morgan fingerprint density at radius 3 is 1.91 bits per heavy atom. The Morgan fingerprint density at radius 1 is 0.695 bits per heavy atom. The van der Waals surface area contributed by atoms with Crippen LogP contribution in [0.3, 0.4) is 0 Å². The Kier molecular flexibility index (Phi) is 22.7. The van der Waals surface area contributed by atoms with Crippen molar-refractivity contribution in [3.8, 4) is 5.75 Å². The van der Waals surface area contributed by atoms with Gasteiger partial charge in [0.15, 0.2) is 5.96 Å². The first kappa shape index (κ1) is 62.1. The van der Waals surface area contributed by atoms with Crippen LogP contribution in [0.15, 0.2) is 77.8 Å². The molecule has 0 saturated carbocycles. The van der Waals surface area contributed by atoms with Crippen molar-refractivity contribution in [2.45, 2.75) is 158 Å². The molecule has 14 N–H and O–H groups in total. The Balaban J connectivity index is 1.08. The highest BCUT2D eigenvalue weighted by Crippen LogP contribution is 2.26. The number of benzene rings is 3. The van der Waals surface area contributed by atoms with Gasteiger partial charge in [-0.3, -0.25) is 33.6 Å². The molecule has 4 fully saturated rings. The lowest BCUT2D eigenvalue weighted by molar-refractivity contribution is -0.145. The molecule has 446 valence electrons. The van der Waals surface area contributed by atoms with Crippen molar-refractivity contribution in [3.05, 3.63) is 89.5 Å². The molecule has 0 bridgehead atoms. The van der Waals surface area contributed by atoms with Gasteiger partial charge in [-0.05, 0) is 118 Å². The van der Waals surface area contributed by atoms with Gasteiger partial charge in [-0.2, -0.15) is 0 Å². The normalized spacial score (nSPS) is 24.7. The fourth-order valence-corrected chi connectivity index (χ4v) is 11.3. The molecule has 0 aromatic heterocycles. The minimum absolute atomic E-state index is 0.0144. The van der Waals surface area contributed by atoms with Gasteiger partial charge in [-0.15, -0.1) is 0 Å². The number of anilines is 2. The number of unbranched alkanes of at least 4 members (excludes halogenated alkanes) is 5. The van der Waals surface area contributed by atoms with Crippen LogP contribution in [0.5, 0.6) is 5.75 Å². The summed E-state index contributed by atoms with van der Waals surface area (Å²) in [5.74, 6) is -5.47. The minimum Gasteiger partial charge on any atom is -0.508 e. The molecule has 4 aliphatic rings. The number of nitrogens with two attached hydrogens (primary N) is 3. The summed E-state index contributed by atoms with van der Waals surface area (Å²) in [5.41, 5.74) is 21.9. The lowest BCUT2D eigenvalue weighted by Gasteiger charge is -2.37. The van der Waals surface area contributed by atoms with E-state index in [1.165, 1.54) is 73.7 Å². The molecule has 7 amide bonds. The second-order valence-electron chi connectivity index (χ2n) is 22.1. The molecule has 3 aromatic carbocycles. The lowest BCUT2D eigenvalue weighted by atomic mass is 10.0. The predicted molar refractivity (Wildman–Crippen MR) is 311 cm³/mol. The summed E-state index contributed by atoms with van der Waals surface area (Å²) >= 11 is 0. The van der Waals surface area contributed by atoms with Gasteiger partial charge < -0.3 is 78.7 Å². The molecule has 7 rings (SSSR count). The number of fused-ring (bicyclic) bond motifs is 2. The number of hydrogen-bond donors (Lipinski definition) is 11. The summed E-state index contributed by atoms with van der Waals surface area (Å²) in [6.45, 7) is 6.10. The van der Waals surface area contributed by atoms with Gasteiger partial charge in [0.1, 0.15) is 42.0 Å². The van der Waals surface area contributed by atoms with Gasteiger partial charge in [-0.25, -0.2) is 4.99 Å². The van der Waals surface area contributed by atoms with E-state index in [0.29, 0.717) is 5.56 Å². The quantitative estimate of drug-likeness (QED) is 0.0473.